The summed E-state index contributed by atoms with van der Waals surface area (Å²) in [7, 11) is 1.58. The molecule has 6 rings (SSSR count). The van der Waals surface area contributed by atoms with Crippen LogP contribution in [0, 0.1) is 0 Å². The second-order valence-electron chi connectivity index (χ2n) is 8.44. The fourth-order valence-corrected chi connectivity index (χ4v) is 4.65. The van der Waals surface area contributed by atoms with Crippen molar-refractivity contribution in [3.05, 3.63) is 105 Å². The van der Waals surface area contributed by atoms with Crippen LogP contribution in [0.4, 0.5) is 0 Å². The van der Waals surface area contributed by atoms with Crippen LogP contribution < -0.4 is 19.8 Å². The number of H-pyrrole nitrogens is 1. The standard InChI is InChI=1S/C28H19NO6/c1-33-17-8-6-15(7-9-17)12-23-26(31)18-10-11-22-25(27(18)35-23)19(14-24(30)34-22)20-13-16-4-2-3-5-21(16)29-28(20)32/h2-13,19H,14H2,1H3,(H,29,32)/b23-12+/t19-/m0/s1. The van der Waals surface area contributed by atoms with E-state index in [9.17, 15) is 14.4 Å². The number of allylic oxidation sites excluding steroid dienone is 1. The maximum absolute atomic E-state index is 13.2. The molecule has 1 atom stereocenters. The lowest BCUT2D eigenvalue weighted by Crippen LogP contribution is -2.26. The number of hydrogen-bond donors (Lipinski definition) is 1. The van der Waals surface area contributed by atoms with E-state index < -0.39 is 11.9 Å². The van der Waals surface area contributed by atoms with E-state index in [0.717, 1.165) is 10.9 Å². The number of ether oxygens (including phenoxy) is 3. The molecule has 3 heterocycles. The molecule has 0 fully saturated rings. The van der Waals surface area contributed by atoms with Crippen LogP contribution in [-0.4, -0.2) is 23.8 Å². The fourth-order valence-electron chi connectivity index (χ4n) is 4.65. The second-order valence-corrected chi connectivity index (χ2v) is 8.44. The van der Waals surface area contributed by atoms with Gasteiger partial charge in [-0.05, 0) is 53.4 Å². The molecule has 2 aliphatic rings. The Morgan fingerprint density at radius 2 is 1.77 bits per heavy atom. The van der Waals surface area contributed by atoms with Crippen molar-refractivity contribution < 1.29 is 23.8 Å². The quantitative estimate of drug-likeness (QED) is 0.270. The Morgan fingerprint density at radius 3 is 2.57 bits per heavy atom. The number of nitrogens with one attached hydrogen (secondary N) is 1. The number of rotatable bonds is 3. The molecule has 7 heteroatoms. The second kappa shape index (κ2) is 7.99. The fraction of sp³-hybridized carbons (Fsp3) is 0.107. The minimum absolute atomic E-state index is 0.0417. The van der Waals surface area contributed by atoms with Gasteiger partial charge in [0.25, 0.3) is 5.56 Å². The van der Waals surface area contributed by atoms with E-state index >= 15 is 0 Å². The molecular formula is C28H19NO6. The van der Waals surface area contributed by atoms with Gasteiger partial charge in [-0.3, -0.25) is 14.4 Å². The molecule has 3 aromatic carbocycles. The van der Waals surface area contributed by atoms with E-state index in [1.54, 1.807) is 43.5 Å². The zero-order valence-corrected chi connectivity index (χ0v) is 18.7. The first-order valence-electron chi connectivity index (χ1n) is 11.1. The normalized spacial score (nSPS) is 17.6. The van der Waals surface area contributed by atoms with E-state index in [1.807, 2.05) is 36.4 Å². The monoisotopic (exact) mass is 465 g/mol. The smallest absolute Gasteiger partial charge is 0.312 e. The van der Waals surface area contributed by atoms with Crippen LogP contribution in [0.25, 0.3) is 17.0 Å². The van der Waals surface area contributed by atoms with E-state index in [0.29, 0.717) is 33.7 Å². The zero-order valence-electron chi connectivity index (χ0n) is 18.7. The number of methoxy groups -OCH3 is 1. The average Bonchev–Trinajstić information content (AvgIpc) is 3.18. The number of aromatic nitrogens is 1. The molecule has 0 saturated carbocycles. The van der Waals surface area contributed by atoms with E-state index in [-0.39, 0.29) is 29.3 Å². The molecule has 0 bridgehead atoms. The van der Waals surface area contributed by atoms with Crippen molar-refractivity contribution in [1.29, 1.82) is 0 Å². The third kappa shape index (κ3) is 3.49. The van der Waals surface area contributed by atoms with E-state index in [2.05, 4.69) is 4.98 Å². The van der Waals surface area contributed by atoms with Gasteiger partial charge in [-0.25, -0.2) is 0 Å². The molecule has 1 aromatic heterocycles. The summed E-state index contributed by atoms with van der Waals surface area (Å²) in [5.41, 5.74) is 2.47. The van der Waals surface area contributed by atoms with Crippen molar-refractivity contribution in [2.75, 3.05) is 7.11 Å². The number of carbonyl (C=O) groups is 2. The molecular weight excluding hydrogens is 446 g/mol. The predicted molar refractivity (Wildman–Crippen MR) is 129 cm³/mol. The van der Waals surface area contributed by atoms with E-state index in [1.165, 1.54) is 0 Å². The van der Waals surface area contributed by atoms with Crippen LogP contribution in [0.2, 0.25) is 0 Å². The van der Waals surface area contributed by atoms with Crippen LogP contribution in [0.1, 0.15) is 39.4 Å². The lowest BCUT2D eigenvalue weighted by Gasteiger charge is -2.26. The van der Waals surface area contributed by atoms with Crippen molar-refractivity contribution in [2.24, 2.45) is 0 Å². The van der Waals surface area contributed by atoms with Crippen LogP contribution in [-0.2, 0) is 4.79 Å². The van der Waals surface area contributed by atoms with Crippen molar-refractivity contribution in [1.82, 2.24) is 4.98 Å². The number of esters is 1. The number of carbonyl (C=O) groups excluding carboxylic acids is 2. The minimum atomic E-state index is -0.623. The molecule has 0 unspecified atom stereocenters. The summed E-state index contributed by atoms with van der Waals surface area (Å²) in [5.74, 6) is 0.112. The largest absolute Gasteiger partial charge is 0.497 e. The van der Waals surface area contributed by atoms with Crippen molar-refractivity contribution in [3.63, 3.8) is 0 Å². The SMILES string of the molecule is COc1ccc(/C=C2/Oc3c(ccc4c3[C@H](c3cc5ccccc5[nH]c3=O)CC(=O)O4)C2=O)cc1. The molecule has 7 nitrogen and oxygen atoms in total. The highest BCUT2D eigenvalue weighted by atomic mass is 16.5. The first-order valence-corrected chi connectivity index (χ1v) is 11.1. The molecule has 0 radical (unpaired) electrons. The topological polar surface area (TPSA) is 94.7 Å². The van der Waals surface area contributed by atoms with Gasteiger partial charge in [0.2, 0.25) is 5.78 Å². The minimum Gasteiger partial charge on any atom is -0.497 e. The van der Waals surface area contributed by atoms with Crippen LogP contribution in [0.5, 0.6) is 17.2 Å². The molecule has 2 aliphatic heterocycles. The molecule has 0 aliphatic carbocycles. The first kappa shape index (κ1) is 20.9. The molecule has 35 heavy (non-hydrogen) atoms. The third-order valence-corrected chi connectivity index (χ3v) is 6.35. The highest BCUT2D eigenvalue weighted by molar-refractivity contribution is 6.15. The molecule has 0 saturated heterocycles. The van der Waals surface area contributed by atoms with E-state index in [4.69, 9.17) is 14.2 Å². The number of aromatic amines is 1. The summed E-state index contributed by atoms with van der Waals surface area (Å²) in [4.78, 5) is 41.5. The Bertz CT molecular complexity index is 1610. The van der Waals surface area contributed by atoms with Gasteiger partial charge in [0, 0.05) is 22.6 Å². The third-order valence-electron chi connectivity index (χ3n) is 6.35. The molecule has 172 valence electrons. The van der Waals surface area contributed by atoms with Gasteiger partial charge in [-0.15, -0.1) is 0 Å². The summed E-state index contributed by atoms with van der Waals surface area (Å²) >= 11 is 0. The number of fused-ring (bicyclic) bond motifs is 4. The lowest BCUT2D eigenvalue weighted by molar-refractivity contribution is -0.135. The van der Waals surface area contributed by atoms with Gasteiger partial charge in [-0.1, -0.05) is 30.3 Å². The Balaban J connectivity index is 1.47. The molecule has 0 amide bonds. The zero-order chi connectivity index (χ0) is 24.1. The van der Waals surface area contributed by atoms with Crippen molar-refractivity contribution in [3.8, 4) is 17.2 Å². The van der Waals surface area contributed by atoms with Gasteiger partial charge in [-0.2, -0.15) is 0 Å². The summed E-state index contributed by atoms with van der Waals surface area (Å²) in [6.45, 7) is 0. The highest BCUT2D eigenvalue weighted by Crippen LogP contribution is 2.48. The summed E-state index contributed by atoms with van der Waals surface area (Å²) in [5, 5.41) is 0.840. The van der Waals surface area contributed by atoms with Gasteiger partial charge in [0.1, 0.15) is 17.2 Å². The number of hydrogen-bond acceptors (Lipinski definition) is 6. The number of pyridine rings is 1. The number of ketones is 1. The first-order chi connectivity index (χ1) is 17.0. The summed E-state index contributed by atoms with van der Waals surface area (Å²) in [6.07, 6.45) is 1.61. The average molecular weight is 465 g/mol. The van der Waals surface area contributed by atoms with Crippen LogP contribution >= 0.6 is 0 Å². The summed E-state index contributed by atoms with van der Waals surface area (Å²) < 4.78 is 16.7. The molecule has 1 N–H and O–H groups in total. The Kier molecular flexibility index (Phi) is 4.77. The molecule has 0 spiro atoms. The number of para-hydroxylation sites is 1. The number of Topliss-reactive ketones (excluding diaryl/α,β-unsaturated/α-hetero) is 1. The Hall–Kier alpha value is -4.65. The van der Waals surface area contributed by atoms with Gasteiger partial charge in [0.05, 0.1) is 19.1 Å². The molecule has 4 aromatic rings. The highest BCUT2D eigenvalue weighted by Gasteiger charge is 2.39. The van der Waals surface area contributed by atoms with Crippen molar-refractivity contribution >= 4 is 28.7 Å². The maximum atomic E-state index is 13.2. The Morgan fingerprint density at radius 1 is 0.971 bits per heavy atom. The predicted octanol–water partition coefficient (Wildman–Crippen LogP) is 4.59. The van der Waals surface area contributed by atoms with Crippen molar-refractivity contribution in [2.45, 2.75) is 12.3 Å². The lowest BCUT2D eigenvalue weighted by atomic mass is 9.85. The summed E-state index contributed by atoms with van der Waals surface area (Å²) in [6, 6.07) is 19.6. The van der Waals surface area contributed by atoms with Gasteiger partial charge in [0.15, 0.2) is 5.76 Å². The number of benzene rings is 3. The Labute approximate surface area is 199 Å². The maximum Gasteiger partial charge on any atom is 0.312 e. The van der Waals surface area contributed by atoms with Crippen LogP contribution in [0.15, 0.2) is 77.3 Å². The van der Waals surface area contributed by atoms with Gasteiger partial charge < -0.3 is 19.2 Å². The van der Waals surface area contributed by atoms with Gasteiger partial charge >= 0.3 is 5.97 Å². The van der Waals surface area contributed by atoms with Crippen LogP contribution in [0.3, 0.4) is 0 Å².